The van der Waals surface area contributed by atoms with Gasteiger partial charge in [-0.2, -0.15) is 0 Å². The van der Waals surface area contributed by atoms with Crippen LogP contribution in [0.5, 0.6) is 0 Å². The summed E-state index contributed by atoms with van der Waals surface area (Å²) in [5.41, 5.74) is 0. The van der Waals surface area contributed by atoms with Crippen molar-refractivity contribution in [1.29, 1.82) is 0 Å². The molecular formula is C20H30N4OS2. The van der Waals surface area contributed by atoms with E-state index in [4.69, 9.17) is 4.74 Å². The van der Waals surface area contributed by atoms with E-state index in [1.807, 2.05) is 29.7 Å². The van der Waals surface area contributed by atoms with E-state index in [0.29, 0.717) is 12.0 Å². The van der Waals surface area contributed by atoms with Crippen molar-refractivity contribution in [2.24, 2.45) is 10.9 Å². The minimum Gasteiger partial charge on any atom is -0.379 e. The molecular weight excluding hydrogens is 376 g/mol. The summed E-state index contributed by atoms with van der Waals surface area (Å²) in [5, 5.41) is 11.3. The smallest absolute Gasteiger partial charge is 0.191 e. The SMILES string of the molecule is CN=C(NCC(C)Cc1cccs1)NCC(c1cccs1)N1CCOCC1. The molecule has 0 radical (unpaired) electrons. The van der Waals surface area contributed by atoms with Gasteiger partial charge in [0.2, 0.25) is 0 Å². The molecule has 0 saturated carbocycles. The lowest BCUT2D eigenvalue weighted by molar-refractivity contribution is 0.0177. The van der Waals surface area contributed by atoms with E-state index >= 15 is 0 Å². The Labute approximate surface area is 170 Å². The molecule has 1 saturated heterocycles. The van der Waals surface area contributed by atoms with Crippen molar-refractivity contribution in [3.8, 4) is 0 Å². The van der Waals surface area contributed by atoms with E-state index < -0.39 is 0 Å². The minimum absolute atomic E-state index is 0.357. The topological polar surface area (TPSA) is 48.9 Å². The summed E-state index contributed by atoms with van der Waals surface area (Å²) in [6.07, 6.45) is 1.10. The average molecular weight is 407 g/mol. The predicted octanol–water partition coefficient (Wildman–Crippen LogP) is 3.23. The zero-order valence-electron chi connectivity index (χ0n) is 16.2. The summed E-state index contributed by atoms with van der Waals surface area (Å²) >= 11 is 3.65. The highest BCUT2D eigenvalue weighted by atomic mass is 32.1. The Hall–Kier alpha value is -1.41. The van der Waals surface area contributed by atoms with Crippen molar-refractivity contribution < 1.29 is 4.74 Å². The number of aliphatic imine (C=N–C) groups is 1. The average Bonchev–Trinajstić information content (AvgIpc) is 3.39. The molecule has 0 aliphatic carbocycles. The van der Waals surface area contributed by atoms with Crippen LogP contribution in [0.3, 0.4) is 0 Å². The third kappa shape index (κ3) is 6.31. The van der Waals surface area contributed by atoms with E-state index in [0.717, 1.165) is 51.8 Å². The van der Waals surface area contributed by atoms with Crippen LogP contribution in [-0.2, 0) is 11.2 Å². The van der Waals surface area contributed by atoms with Crippen molar-refractivity contribution in [1.82, 2.24) is 15.5 Å². The number of thiophene rings is 2. The lowest BCUT2D eigenvalue weighted by Crippen LogP contribution is -2.46. The second-order valence-corrected chi connectivity index (χ2v) is 8.91. The zero-order valence-corrected chi connectivity index (χ0v) is 17.8. The maximum atomic E-state index is 5.53. The third-order valence-corrected chi connectivity index (χ3v) is 6.66. The van der Waals surface area contributed by atoms with Crippen molar-refractivity contribution in [3.63, 3.8) is 0 Å². The number of rotatable bonds is 8. The van der Waals surface area contributed by atoms with Crippen LogP contribution >= 0.6 is 22.7 Å². The maximum Gasteiger partial charge on any atom is 0.191 e. The first-order valence-electron chi connectivity index (χ1n) is 9.58. The second-order valence-electron chi connectivity index (χ2n) is 6.90. The second kappa shape index (κ2) is 10.8. The molecule has 1 aliphatic heterocycles. The molecule has 0 bridgehead atoms. The van der Waals surface area contributed by atoms with Crippen molar-refractivity contribution >= 4 is 28.6 Å². The fourth-order valence-electron chi connectivity index (χ4n) is 3.31. The van der Waals surface area contributed by atoms with Gasteiger partial charge in [0.15, 0.2) is 5.96 Å². The summed E-state index contributed by atoms with van der Waals surface area (Å²) in [6.45, 7) is 7.63. The fraction of sp³-hybridized carbons (Fsp3) is 0.550. The van der Waals surface area contributed by atoms with Gasteiger partial charge in [0.05, 0.1) is 19.3 Å². The van der Waals surface area contributed by atoms with Crippen molar-refractivity contribution in [2.75, 3.05) is 46.4 Å². The van der Waals surface area contributed by atoms with Crippen LogP contribution in [0, 0.1) is 5.92 Å². The standard InChI is InChI=1S/C20H30N4OS2/c1-16(13-17-5-3-11-26-17)14-22-20(21-2)23-15-18(19-6-4-12-27-19)24-7-9-25-10-8-24/h3-6,11-12,16,18H,7-10,13-15H2,1-2H3,(H2,21,22,23). The normalized spacial score (nSPS) is 18.2. The lowest BCUT2D eigenvalue weighted by Gasteiger charge is -2.34. The van der Waals surface area contributed by atoms with E-state index in [9.17, 15) is 0 Å². The molecule has 0 amide bonds. The highest BCUT2D eigenvalue weighted by Crippen LogP contribution is 2.25. The molecule has 3 rings (SSSR count). The predicted molar refractivity (Wildman–Crippen MR) is 116 cm³/mol. The van der Waals surface area contributed by atoms with Gasteiger partial charge in [-0.3, -0.25) is 9.89 Å². The number of hydrogen-bond donors (Lipinski definition) is 2. The molecule has 2 N–H and O–H groups in total. The Morgan fingerprint density at radius 3 is 2.56 bits per heavy atom. The summed E-state index contributed by atoms with van der Waals surface area (Å²) in [4.78, 5) is 9.76. The highest BCUT2D eigenvalue weighted by Gasteiger charge is 2.23. The molecule has 2 atom stereocenters. The van der Waals surface area contributed by atoms with Crippen LogP contribution in [0.1, 0.15) is 22.7 Å². The van der Waals surface area contributed by atoms with Crippen molar-refractivity contribution in [2.45, 2.75) is 19.4 Å². The Balaban J connectivity index is 1.50. The van der Waals surface area contributed by atoms with Crippen LogP contribution in [0.15, 0.2) is 40.0 Å². The van der Waals surface area contributed by atoms with Gasteiger partial charge in [-0.25, -0.2) is 0 Å². The van der Waals surface area contributed by atoms with Gasteiger partial charge < -0.3 is 15.4 Å². The molecule has 0 aromatic carbocycles. The lowest BCUT2D eigenvalue weighted by atomic mass is 10.1. The Morgan fingerprint density at radius 1 is 1.15 bits per heavy atom. The van der Waals surface area contributed by atoms with Crippen LogP contribution in [0.2, 0.25) is 0 Å². The molecule has 1 aliphatic rings. The Morgan fingerprint density at radius 2 is 1.89 bits per heavy atom. The first-order valence-corrected chi connectivity index (χ1v) is 11.3. The van der Waals surface area contributed by atoms with E-state index in [1.54, 1.807) is 0 Å². The van der Waals surface area contributed by atoms with Gasteiger partial charge in [0, 0.05) is 43.0 Å². The number of nitrogens with one attached hydrogen (secondary N) is 2. The molecule has 2 aromatic heterocycles. The summed E-state index contributed by atoms with van der Waals surface area (Å²) in [5.74, 6) is 1.44. The van der Waals surface area contributed by atoms with Gasteiger partial charge in [-0.1, -0.05) is 19.1 Å². The summed E-state index contributed by atoms with van der Waals surface area (Å²) < 4.78 is 5.53. The number of ether oxygens (including phenoxy) is 1. The van der Waals surface area contributed by atoms with E-state index in [2.05, 4.69) is 62.5 Å². The van der Waals surface area contributed by atoms with Crippen LogP contribution in [0.4, 0.5) is 0 Å². The Kier molecular flexibility index (Phi) is 8.13. The number of nitrogens with zero attached hydrogens (tertiary/aromatic N) is 2. The molecule has 2 aromatic rings. The van der Waals surface area contributed by atoms with Crippen LogP contribution in [-0.4, -0.2) is 57.3 Å². The summed E-state index contributed by atoms with van der Waals surface area (Å²) in [7, 11) is 1.84. The van der Waals surface area contributed by atoms with Crippen LogP contribution in [0.25, 0.3) is 0 Å². The first kappa shape index (κ1) is 20.3. The van der Waals surface area contributed by atoms with Gasteiger partial charge in [0.25, 0.3) is 0 Å². The van der Waals surface area contributed by atoms with Gasteiger partial charge in [-0.15, -0.1) is 22.7 Å². The monoisotopic (exact) mass is 406 g/mol. The quantitative estimate of drug-likeness (QED) is 0.522. The summed E-state index contributed by atoms with van der Waals surface area (Å²) in [6, 6.07) is 9.05. The first-order chi connectivity index (χ1) is 13.3. The molecule has 2 unspecified atom stereocenters. The molecule has 148 valence electrons. The number of morpholine rings is 1. The zero-order chi connectivity index (χ0) is 18.9. The van der Waals surface area contributed by atoms with Gasteiger partial charge in [0.1, 0.15) is 0 Å². The number of guanidine groups is 1. The molecule has 3 heterocycles. The van der Waals surface area contributed by atoms with Gasteiger partial charge >= 0.3 is 0 Å². The number of hydrogen-bond acceptors (Lipinski definition) is 5. The maximum absolute atomic E-state index is 5.53. The van der Waals surface area contributed by atoms with E-state index in [1.165, 1.54) is 9.75 Å². The molecule has 27 heavy (non-hydrogen) atoms. The third-order valence-electron chi connectivity index (χ3n) is 4.79. The van der Waals surface area contributed by atoms with E-state index in [-0.39, 0.29) is 0 Å². The molecule has 0 spiro atoms. The minimum atomic E-state index is 0.357. The van der Waals surface area contributed by atoms with Crippen molar-refractivity contribution in [3.05, 3.63) is 44.8 Å². The fourth-order valence-corrected chi connectivity index (χ4v) is 5.04. The molecule has 5 nitrogen and oxygen atoms in total. The largest absolute Gasteiger partial charge is 0.379 e. The van der Waals surface area contributed by atoms with Crippen LogP contribution < -0.4 is 10.6 Å². The molecule has 1 fully saturated rings. The van der Waals surface area contributed by atoms with Gasteiger partial charge in [-0.05, 0) is 35.2 Å². The Bertz CT molecular complexity index is 666. The molecule has 7 heteroatoms. The highest BCUT2D eigenvalue weighted by molar-refractivity contribution is 7.10.